The molecule has 0 unspecified atom stereocenters. The van der Waals surface area contributed by atoms with Gasteiger partial charge in [-0.2, -0.15) is 0 Å². The van der Waals surface area contributed by atoms with Gasteiger partial charge in [-0.05, 0) is 35.9 Å². The first-order valence-corrected chi connectivity index (χ1v) is 8.02. The molecule has 3 nitrogen and oxygen atoms in total. The highest BCUT2D eigenvalue weighted by molar-refractivity contribution is 7.99. The highest BCUT2D eigenvalue weighted by Crippen LogP contribution is 2.37. The van der Waals surface area contributed by atoms with Crippen molar-refractivity contribution >= 4 is 23.4 Å². The molecule has 2 aromatic carbocycles. The van der Waals surface area contributed by atoms with Gasteiger partial charge in [-0.15, -0.1) is 0 Å². The molecule has 0 spiro atoms. The third-order valence-corrected chi connectivity index (χ3v) is 4.53. The van der Waals surface area contributed by atoms with Gasteiger partial charge in [0, 0.05) is 27.8 Å². The number of halogens is 1. The van der Waals surface area contributed by atoms with Crippen molar-refractivity contribution in [2.24, 2.45) is 5.73 Å². The minimum absolute atomic E-state index is 0.452. The Bertz CT molecular complexity index is 648. The van der Waals surface area contributed by atoms with Gasteiger partial charge in [-0.1, -0.05) is 29.4 Å². The molecule has 1 aliphatic heterocycles. The summed E-state index contributed by atoms with van der Waals surface area (Å²) in [5.74, 6) is 1.62. The van der Waals surface area contributed by atoms with Gasteiger partial charge in [-0.3, -0.25) is 0 Å². The smallest absolute Gasteiger partial charge is 0.162 e. The maximum atomic E-state index is 6.19. The molecule has 2 aromatic rings. The molecule has 21 heavy (non-hydrogen) atoms. The monoisotopic (exact) mass is 321 g/mol. The zero-order valence-corrected chi connectivity index (χ0v) is 13.0. The average molecular weight is 322 g/mol. The summed E-state index contributed by atoms with van der Waals surface area (Å²) in [6, 6.07) is 11.9. The molecule has 0 radical (unpaired) electrons. The van der Waals surface area contributed by atoms with Gasteiger partial charge in [0.15, 0.2) is 11.5 Å². The molecule has 0 saturated heterocycles. The number of hydrogen-bond acceptors (Lipinski definition) is 4. The highest BCUT2D eigenvalue weighted by atomic mass is 35.5. The standard InChI is InChI=1S/C16H16ClNO2S/c17-14-8-12(3-2-11(14)10-18)21-13-4-5-15-16(9-13)20-7-1-6-19-15/h2-5,8-9H,1,6-7,10,18H2. The summed E-state index contributed by atoms with van der Waals surface area (Å²) in [5, 5.41) is 0.705. The lowest BCUT2D eigenvalue weighted by atomic mass is 10.2. The molecule has 0 bridgehead atoms. The second-order valence-corrected chi connectivity index (χ2v) is 6.27. The molecule has 0 aliphatic carbocycles. The van der Waals surface area contributed by atoms with Crippen LogP contribution in [0.15, 0.2) is 46.2 Å². The van der Waals surface area contributed by atoms with Crippen LogP contribution >= 0.6 is 23.4 Å². The van der Waals surface area contributed by atoms with Gasteiger partial charge in [-0.25, -0.2) is 0 Å². The van der Waals surface area contributed by atoms with E-state index >= 15 is 0 Å². The fraction of sp³-hybridized carbons (Fsp3) is 0.250. The number of rotatable bonds is 3. The molecule has 0 saturated carbocycles. The van der Waals surface area contributed by atoms with E-state index in [0.717, 1.165) is 33.3 Å². The van der Waals surface area contributed by atoms with E-state index in [9.17, 15) is 0 Å². The summed E-state index contributed by atoms with van der Waals surface area (Å²) in [6.07, 6.45) is 0.910. The van der Waals surface area contributed by atoms with Crippen molar-refractivity contribution in [1.82, 2.24) is 0 Å². The lowest BCUT2D eigenvalue weighted by Crippen LogP contribution is -1.97. The largest absolute Gasteiger partial charge is 0.490 e. The minimum Gasteiger partial charge on any atom is -0.490 e. The number of ether oxygens (including phenoxy) is 2. The van der Waals surface area contributed by atoms with E-state index in [0.29, 0.717) is 24.8 Å². The first-order valence-electron chi connectivity index (χ1n) is 6.82. The zero-order chi connectivity index (χ0) is 14.7. The van der Waals surface area contributed by atoms with Crippen molar-refractivity contribution in [3.63, 3.8) is 0 Å². The van der Waals surface area contributed by atoms with E-state index < -0.39 is 0 Å². The second kappa shape index (κ2) is 6.60. The number of fused-ring (bicyclic) bond motifs is 1. The summed E-state index contributed by atoms with van der Waals surface area (Å²) >= 11 is 7.83. The van der Waals surface area contributed by atoms with Crippen LogP contribution in [0.1, 0.15) is 12.0 Å². The molecule has 3 rings (SSSR count). The molecule has 5 heteroatoms. The van der Waals surface area contributed by atoms with Crippen LogP contribution in [-0.4, -0.2) is 13.2 Å². The van der Waals surface area contributed by atoms with Crippen LogP contribution in [0.25, 0.3) is 0 Å². The lowest BCUT2D eigenvalue weighted by Gasteiger charge is -2.10. The van der Waals surface area contributed by atoms with Crippen LogP contribution in [0.4, 0.5) is 0 Å². The first kappa shape index (κ1) is 14.6. The van der Waals surface area contributed by atoms with E-state index in [1.54, 1.807) is 11.8 Å². The van der Waals surface area contributed by atoms with Crippen LogP contribution in [0.2, 0.25) is 5.02 Å². The Kier molecular flexibility index (Phi) is 4.58. The van der Waals surface area contributed by atoms with Gasteiger partial charge in [0.2, 0.25) is 0 Å². The van der Waals surface area contributed by atoms with Crippen molar-refractivity contribution < 1.29 is 9.47 Å². The molecular formula is C16H16ClNO2S. The van der Waals surface area contributed by atoms with Crippen molar-refractivity contribution in [3.8, 4) is 11.5 Å². The number of hydrogen-bond donors (Lipinski definition) is 1. The van der Waals surface area contributed by atoms with Crippen LogP contribution in [0, 0.1) is 0 Å². The number of nitrogens with two attached hydrogens (primary N) is 1. The summed E-state index contributed by atoms with van der Waals surface area (Å²) in [6.45, 7) is 1.85. The van der Waals surface area contributed by atoms with Crippen molar-refractivity contribution in [3.05, 3.63) is 47.0 Å². The third-order valence-electron chi connectivity index (χ3n) is 3.20. The van der Waals surface area contributed by atoms with E-state index in [1.165, 1.54) is 0 Å². The molecule has 0 amide bonds. The Balaban J connectivity index is 1.81. The predicted molar refractivity (Wildman–Crippen MR) is 85.5 cm³/mol. The molecule has 0 aromatic heterocycles. The predicted octanol–water partition coefficient (Wildman–Crippen LogP) is 4.11. The Hall–Kier alpha value is -1.36. The lowest BCUT2D eigenvalue weighted by molar-refractivity contribution is 0.297. The third kappa shape index (κ3) is 3.46. The van der Waals surface area contributed by atoms with Crippen molar-refractivity contribution in [1.29, 1.82) is 0 Å². The normalized spacial score (nSPS) is 13.8. The van der Waals surface area contributed by atoms with Gasteiger partial charge >= 0.3 is 0 Å². The minimum atomic E-state index is 0.452. The maximum Gasteiger partial charge on any atom is 0.162 e. The van der Waals surface area contributed by atoms with E-state index in [-0.39, 0.29) is 0 Å². The maximum absolute atomic E-state index is 6.19. The Morgan fingerprint density at radius 1 is 1.00 bits per heavy atom. The van der Waals surface area contributed by atoms with Crippen LogP contribution in [-0.2, 0) is 6.54 Å². The SMILES string of the molecule is NCc1ccc(Sc2ccc3c(c2)OCCCO3)cc1Cl. The van der Waals surface area contributed by atoms with E-state index in [1.807, 2.05) is 36.4 Å². The first-order chi connectivity index (χ1) is 10.3. The molecule has 1 heterocycles. The van der Waals surface area contributed by atoms with Crippen molar-refractivity contribution in [2.45, 2.75) is 22.8 Å². The van der Waals surface area contributed by atoms with Crippen molar-refractivity contribution in [2.75, 3.05) is 13.2 Å². The van der Waals surface area contributed by atoms with Gasteiger partial charge < -0.3 is 15.2 Å². The summed E-state index contributed by atoms with van der Waals surface area (Å²) in [5.41, 5.74) is 6.58. The molecule has 0 fully saturated rings. The van der Waals surface area contributed by atoms with Crippen LogP contribution < -0.4 is 15.2 Å². The highest BCUT2D eigenvalue weighted by Gasteiger charge is 2.11. The van der Waals surface area contributed by atoms with E-state index in [2.05, 4.69) is 0 Å². The molecule has 110 valence electrons. The topological polar surface area (TPSA) is 44.5 Å². The summed E-state index contributed by atoms with van der Waals surface area (Å²) < 4.78 is 11.3. The molecule has 2 N–H and O–H groups in total. The summed E-state index contributed by atoms with van der Waals surface area (Å²) in [7, 11) is 0. The van der Waals surface area contributed by atoms with Crippen LogP contribution in [0.3, 0.4) is 0 Å². The number of benzene rings is 2. The fourth-order valence-corrected chi connectivity index (χ4v) is 3.31. The van der Waals surface area contributed by atoms with E-state index in [4.69, 9.17) is 26.8 Å². The van der Waals surface area contributed by atoms with Gasteiger partial charge in [0.25, 0.3) is 0 Å². The molecule has 0 atom stereocenters. The quantitative estimate of drug-likeness (QED) is 0.924. The molecule has 1 aliphatic rings. The Morgan fingerprint density at radius 3 is 2.48 bits per heavy atom. The van der Waals surface area contributed by atoms with Gasteiger partial charge in [0.05, 0.1) is 13.2 Å². The summed E-state index contributed by atoms with van der Waals surface area (Å²) in [4.78, 5) is 2.17. The molecular weight excluding hydrogens is 306 g/mol. The zero-order valence-electron chi connectivity index (χ0n) is 11.5. The Labute approximate surface area is 133 Å². The Morgan fingerprint density at radius 2 is 1.71 bits per heavy atom. The van der Waals surface area contributed by atoms with Gasteiger partial charge in [0.1, 0.15) is 0 Å². The fourth-order valence-electron chi connectivity index (χ4n) is 2.10. The average Bonchev–Trinajstić information content (AvgIpc) is 2.72. The second-order valence-electron chi connectivity index (χ2n) is 4.72. The van der Waals surface area contributed by atoms with Crippen LogP contribution in [0.5, 0.6) is 11.5 Å².